The number of nitrogen functional groups attached to an aromatic ring is 1. The third-order valence-electron chi connectivity index (χ3n) is 3.03. The van der Waals surface area contributed by atoms with Crippen molar-refractivity contribution in [2.24, 2.45) is 5.10 Å². The number of aromatic nitrogens is 2. The molecule has 2 aromatic rings. The number of thiazole rings is 1. The standard InChI is InChI=1S/C12H13N5OS/c1-7-10(19-12(13)14-7)11(18)16-15-8-4-6-17-5-2-3-9(8)17/h2-3,5H,4,6H2,1H3,(H2,13,14)(H,16,18)/b15-8+. The SMILES string of the molecule is Cc1nc(N)sc1C(=O)N/N=C1\CCn2cccc21. The molecule has 6 nitrogen and oxygen atoms in total. The van der Waals surface area contributed by atoms with Crippen LogP contribution in [0.5, 0.6) is 0 Å². The zero-order valence-electron chi connectivity index (χ0n) is 10.4. The Labute approximate surface area is 114 Å². The summed E-state index contributed by atoms with van der Waals surface area (Å²) in [5, 5.41) is 4.59. The van der Waals surface area contributed by atoms with E-state index in [1.807, 2.05) is 18.3 Å². The molecule has 2 aromatic heterocycles. The van der Waals surface area contributed by atoms with Crippen LogP contribution < -0.4 is 11.2 Å². The molecular formula is C12H13N5OS. The minimum atomic E-state index is -0.260. The molecular weight excluding hydrogens is 262 g/mol. The van der Waals surface area contributed by atoms with Gasteiger partial charge in [0.25, 0.3) is 5.91 Å². The Bertz CT molecular complexity index is 669. The van der Waals surface area contributed by atoms with Gasteiger partial charge in [0.2, 0.25) is 0 Å². The Morgan fingerprint density at radius 2 is 2.47 bits per heavy atom. The van der Waals surface area contributed by atoms with E-state index < -0.39 is 0 Å². The summed E-state index contributed by atoms with van der Waals surface area (Å²) in [5.74, 6) is -0.260. The summed E-state index contributed by atoms with van der Waals surface area (Å²) < 4.78 is 2.11. The van der Waals surface area contributed by atoms with Crippen LogP contribution in [0.15, 0.2) is 23.4 Å². The lowest BCUT2D eigenvalue weighted by molar-refractivity contribution is 0.0958. The van der Waals surface area contributed by atoms with Gasteiger partial charge in [-0.3, -0.25) is 4.79 Å². The number of amides is 1. The second-order valence-electron chi connectivity index (χ2n) is 4.30. The van der Waals surface area contributed by atoms with E-state index in [1.54, 1.807) is 6.92 Å². The van der Waals surface area contributed by atoms with Gasteiger partial charge in [-0.15, -0.1) is 0 Å². The van der Waals surface area contributed by atoms with E-state index in [2.05, 4.69) is 20.1 Å². The van der Waals surface area contributed by atoms with E-state index in [9.17, 15) is 4.79 Å². The molecule has 0 spiro atoms. The van der Waals surface area contributed by atoms with Gasteiger partial charge in [-0.1, -0.05) is 11.3 Å². The van der Waals surface area contributed by atoms with Gasteiger partial charge in [0.15, 0.2) is 5.13 Å². The van der Waals surface area contributed by atoms with Crippen LogP contribution in [0.3, 0.4) is 0 Å². The molecule has 0 saturated carbocycles. The zero-order valence-corrected chi connectivity index (χ0v) is 11.2. The molecule has 0 fully saturated rings. The molecule has 3 heterocycles. The van der Waals surface area contributed by atoms with Crippen molar-refractivity contribution in [2.45, 2.75) is 19.9 Å². The number of hydrogen-bond donors (Lipinski definition) is 2. The van der Waals surface area contributed by atoms with E-state index in [-0.39, 0.29) is 5.91 Å². The fourth-order valence-electron chi connectivity index (χ4n) is 2.14. The fourth-order valence-corrected chi connectivity index (χ4v) is 2.86. The highest BCUT2D eigenvalue weighted by Gasteiger charge is 2.18. The fraction of sp³-hybridized carbons (Fsp3) is 0.250. The number of nitrogens with zero attached hydrogens (tertiary/aromatic N) is 3. The number of hydrogen-bond acceptors (Lipinski definition) is 5. The van der Waals surface area contributed by atoms with Crippen molar-refractivity contribution in [3.63, 3.8) is 0 Å². The second-order valence-corrected chi connectivity index (χ2v) is 5.33. The number of nitrogens with two attached hydrogens (primary N) is 1. The molecule has 0 bridgehead atoms. The number of rotatable bonds is 2. The highest BCUT2D eigenvalue weighted by atomic mass is 32.1. The lowest BCUT2D eigenvalue weighted by Crippen LogP contribution is -2.19. The van der Waals surface area contributed by atoms with Gasteiger partial charge >= 0.3 is 0 Å². The smallest absolute Gasteiger partial charge is 0.283 e. The summed E-state index contributed by atoms with van der Waals surface area (Å²) in [6.45, 7) is 2.67. The monoisotopic (exact) mass is 275 g/mol. The molecule has 3 rings (SSSR count). The van der Waals surface area contributed by atoms with Crippen LogP contribution in [0.1, 0.15) is 27.5 Å². The highest BCUT2D eigenvalue weighted by molar-refractivity contribution is 7.17. The Morgan fingerprint density at radius 1 is 1.63 bits per heavy atom. The Balaban J connectivity index is 1.77. The molecule has 1 aliphatic rings. The lowest BCUT2D eigenvalue weighted by atomic mass is 10.2. The number of carbonyl (C=O) groups excluding carboxylic acids is 1. The largest absolute Gasteiger partial charge is 0.375 e. The summed E-state index contributed by atoms with van der Waals surface area (Å²) in [5.41, 5.74) is 10.7. The molecule has 7 heteroatoms. The maximum absolute atomic E-state index is 12.0. The molecule has 3 N–H and O–H groups in total. The van der Waals surface area contributed by atoms with Gasteiger partial charge in [0.1, 0.15) is 4.88 Å². The maximum Gasteiger partial charge on any atom is 0.283 e. The first kappa shape index (κ1) is 11.9. The van der Waals surface area contributed by atoms with Crippen molar-refractivity contribution in [1.29, 1.82) is 0 Å². The first-order valence-electron chi connectivity index (χ1n) is 5.90. The van der Waals surface area contributed by atoms with Crippen LogP contribution in [0.4, 0.5) is 5.13 Å². The van der Waals surface area contributed by atoms with Crippen LogP contribution in [0, 0.1) is 6.92 Å². The molecule has 1 aliphatic heterocycles. The number of hydrazone groups is 1. The number of anilines is 1. The molecule has 0 saturated heterocycles. The third-order valence-corrected chi connectivity index (χ3v) is 4.01. The molecule has 98 valence electrons. The van der Waals surface area contributed by atoms with Crippen LogP contribution in [-0.2, 0) is 6.54 Å². The Kier molecular flexibility index (Phi) is 2.83. The number of fused-ring (bicyclic) bond motifs is 1. The third kappa shape index (κ3) is 2.12. The second kappa shape index (κ2) is 4.51. The summed E-state index contributed by atoms with van der Waals surface area (Å²) in [6.07, 6.45) is 2.84. The quantitative estimate of drug-likeness (QED) is 0.812. The summed E-state index contributed by atoms with van der Waals surface area (Å²) in [7, 11) is 0. The molecule has 1 amide bonds. The van der Waals surface area contributed by atoms with Gasteiger partial charge in [-0.05, 0) is 19.1 Å². The average molecular weight is 275 g/mol. The topological polar surface area (TPSA) is 85.3 Å². The van der Waals surface area contributed by atoms with E-state index >= 15 is 0 Å². The van der Waals surface area contributed by atoms with Gasteiger partial charge in [-0.25, -0.2) is 10.4 Å². The number of nitrogens with one attached hydrogen (secondary N) is 1. The highest BCUT2D eigenvalue weighted by Crippen LogP contribution is 2.20. The van der Waals surface area contributed by atoms with E-state index in [1.165, 1.54) is 11.3 Å². The van der Waals surface area contributed by atoms with Gasteiger partial charge in [0, 0.05) is 19.2 Å². The minimum Gasteiger partial charge on any atom is -0.375 e. The molecule has 19 heavy (non-hydrogen) atoms. The predicted octanol–water partition coefficient (Wildman–Crippen LogP) is 1.37. The van der Waals surface area contributed by atoms with Gasteiger partial charge in [0.05, 0.1) is 17.1 Å². The van der Waals surface area contributed by atoms with Gasteiger partial charge in [-0.2, -0.15) is 5.10 Å². The van der Waals surface area contributed by atoms with Crippen LogP contribution in [0.2, 0.25) is 0 Å². The molecule has 0 unspecified atom stereocenters. The molecule has 0 atom stereocenters. The maximum atomic E-state index is 12.0. The van der Waals surface area contributed by atoms with Crippen LogP contribution in [0.25, 0.3) is 0 Å². The summed E-state index contributed by atoms with van der Waals surface area (Å²) >= 11 is 1.17. The molecule has 0 aliphatic carbocycles. The summed E-state index contributed by atoms with van der Waals surface area (Å²) in [4.78, 5) is 16.5. The van der Waals surface area contributed by atoms with E-state index in [4.69, 9.17) is 5.73 Å². The number of aryl methyl sites for hydroxylation is 2. The van der Waals surface area contributed by atoms with E-state index in [0.717, 1.165) is 24.4 Å². The molecule has 0 radical (unpaired) electrons. The molecule has 0 aromatic carbocycles. The van der Waals surface area contributed by atoms with Crippen molar-refractivity contribution in [3.05, 3.63) is 34.6 Å². The van der Waals surface area contributed by atoms with Crippen LogP contribution in [-0.4, -0.2) is 21.2 Å². The van der Waals surface area contributed by atoms with Crippen molar-refractivity contribution in [3.8, 4) is 0 Å². The zero-order chi connectivity index (χ0) is 13.4. The average Bonchev–Trinajstić information content (AvgIpc) is 3.02. The normalized spacial score (nSPS) is 15.7. The predicted molar refractivity (Wildman–Crippen MR) is 74.3 cm³/mol. The van der Waals surface area contributed by atoms with Gasteiger partial charge < -0.3 is 10.3 Å². The van der Waals surface area contributed by atoms with E-state index in [0.29, 0.717) is 15.7 Å². The van der Waals surface area contributed by atoms with Crippen molar-refractivity contribution in [1.82, 2.24) is 15.0 Å². The van der Waals surface area contributed by atoms with Crippen LogP contribution >= 0.6 is 11.3 Å². The number of carbonyl (C=O) groups is 1. The first-order valence-corrected chi connectivity index (χ1v) is 6.72. The summed E-state index contributed by atoms with van der Waals surface area (Å²) in [6, 6.07) is 3.97. The minimum absolute atomic E-state index is 0.260. The Hall–Kier alpha value is -2.15. The van der Waals surface area contributed by atoms with Crippen molar-refractivity contribution in [2.75, 3.05) is 5.73 Å². The van der Waals surface area contributed by atoms with Crippen molar-refractivity contribution < 1.29 is 4.79 Å². The first-order chi connectivity index (χ1) is 9.15. The Morgan fingerprint density at radius 3 is 3.21 bits per heavy atom. The lowest BCUT2D eigenvalue weighted by Gasteiger charge is -1.99. The van der Waals surface area contributed by atoms with Crippen molar-refractivity contribution >= 4 is 28.1 Å².